The summed E-state index contributed by atoms with van der Waals surface area (Å²) in [6, 6.07) is 9.59. The van der Waals surface area contributed by atoms with E-state index in [0.29, 0.717) is 6.54 Å². The van der Waals surface area contributed by atoms with Crippen molar-refractivity contribution in [2.45, 2.75) is 13.5 Å². The molecule has 0 spiro atoms. The monoisotopic (exact) mass is 261 g/mol. The number of nitrogens with one attached hydrogen (secondary N) is 1. The molecular formula is C14H15NO2S. The quantitative estimate of drug-likeness (QED) is 0.918. The molecule has 0 aliphatic heterocycles. The fourth-order valence-electron chi connectivity index (χ4n) is 1.73. The Morgan fingerprint density at radius 1 is 1.39 bits per heavy atom. The summed E-state index contributed by atoms with van der Waals surface area (Å²) in [5.74, 6) is 0.835. The van der Waals surface area contributed by atoms with Gasteiger partial charge in [0.05, 0.1) is 12.0 Å². The molecule has 0 bridgehead atoms. The summed E-state index contributed by atoms with van der Waals surface area (Å²) < 4.78 is 5.20. The predicted octanol–water partition coefficient (Wildman–Crippen LogP) is 3.00. The van der Waals surface area contributed by atoms with E-state index >= 15 is 0 Å². The van der Waals surface area contributed by atoms with Crippen LogP contribution in [0.2, 0.25) is 0 Å². The Kier molecular flexibility index (Phi) is 3.99. The number of benzene rings is 1. The second-order valence-electron chi connectivity index (χ2n) is 3.96. The van der Waals surface area contributed by atoms with E-state index in [1.165, 1.54) is 11.3 Å². The molecule has 18 heavy (non-hydrogen) atoms. The molecule has 0 aliphatic carbocycles. The van der Waals surface area contributed by atoms with Crippen LogP contribution in [0, 0.1) is 6.92 Å². The van der Waals surface area contributed by atoms with Gasteiger partial charge in [-0.1, -0.05) is 18.2 Å². The minimum absolute atomic E-state index is 0.0292. The van der Waals surface area contributed by atoms with Gasteiger partial charge in [-0.15, -0.1) is 11.3 Å². The lowest BCUT2D eigenvalue weighted by atomic mass is 10.1. The van der Waals surface area contributed by atoms with Crippen molar-refractivity contribution in [1.82, 2.24) is 5.32 Å². The number of rotatable bonds is 4. The van der Waals surface area contributed by atoms with Crippen molar-refractivity contribution in [3.63, 3.8) is 0 Å². The van der Waals surface area contributed by atoms with Gasteiger partial charge >= 0.3 is 0 Å². The van der Waals surface area contributed by atoms with E-state index in [1.54, 1.807) is 7.11 Å². The van der Waals surface area contributed by atoms with Crippen LogP contribution in [0.25, 0.3) is 0 Å². The fourth-order valence-corrected chi connectivity index (χ4v) is 2.37. The number of aryl methyl sites for hydroxylation is 1. The zero-order valence-electron chi connectivity index (χ0n) is 10.4. The molecule has 94 valence electrons. The Labute approximate surface area is 110 Å². The molecule has 1 aromatic heterocycles. The Hall–Kier alpha value is -1.81. The van der Waals surface area contributed by atoms with Gasteiger partial charge in [0.1, 0.15) is 5.75 Å². The summed E-state index contributed by atoms with van der Waals surface area (Å²) >= 11 is 1.44. The number of hydrogen-bond acceptors (Lipinski definition) is 3. The highest BCUT2D eigenvalue weighted by Crippen LogP contribution is 2.18. The molecule has 0 saturated heterocycles. The van der Waals surface area contributed by atoms with Crippen molar-refractivity contribution in [3.8, 4) is 5.75 Å². The lowest BCUT2D eigenvalue weighted by molar-refractivity contribution is 0.0955. The first-order valence-electron chi connectivity index (χ1n) is 5.66. The Morgan fingerprint density at radius 3 is 2.83 bits per heavy atom. The van der Waals surface area contributed by atoms with Crippen LogP contribution in [-0.2, 0) is 6.54 Å². The molecule has 1 aromatic carbocycles. The molecule has 3 nitrogen and oxygen atoms in total. The van der Waals surface area contributed by atoms with Gasteiger partial charge in [0, 0.05) is 6.54 Å². The molecule has 1 N–H and O–H groups in total. The van der Waals surface area contributed by atoms with Crippen molar-refractivity contribution in [2.24, 2.45) is 0 Å². The van der Waals surface area contributed by atoms with Crippen LogP contribution < -0.4 is 10.1 Å². The minimum atomic E-state index is -0.0292. The molecular weight excluding hydrogens is 246 g/mol. The molecule has 0 aliphatic rings. The summed E-state index contributed by atoms with van der Waals surface area (Å²) in [6.45, 7) is 2.52. The van der Waals surface area contributed by atoms with E-state index in [1.807, 2.05) is 42.6 Å². The number of thiophene rings is 1. The second kappa shape index (κ2) is 5.69. The van der Waals surface area contributed by atoms with Gasteiger partial charge in [-0.3, -0.25) is 4.79 Å². The summed E-state index contributed by atoms with van der Waals surface area (Å²) in [5, 5.41) is 4.79. The third kappa shape index (κ3) is 2.90. The molecule has 2 aromatic rings. The second-order valence-corrected chi connectivity index (χ2v) is 4.91. The number of carbonyl (C=O) groups excluding carboxylic acids is 1. The van der Waals surface area contributed by atoms with Crippen molar-refractivity contribution in [3.05, 3.63) is 51.7 Å². The van der Waals surface area contributed by atoms with Crippen LogP contribution in [0.5, 0.6) is 5.75 Å². The number of hydrogen-bond donors (Lipinski definition) is 1. The Morgan fingerprint density at radius 2 is 2.22 bits per heavy atom. The van der Waals surface area contributed by atoms with E-state index in [2.05, 4.69) is 5.32 Å². The highest BCUT2D eigenvalue weighted by atomic mass is 32.1. The summed E-state index contributed by atoms with van der Waals surface area (Å²) in [4.78, 5) is 12.5. The Bertz CT molecular complexity index is 535. The lowest BCUT2D eigenvalue weighted by Crippen LogP contribution is -2.21. The normalized spacial score (nSPS) is 10.1. The molecule has 0 atom stereocenters. The SMILES string of the molecule is COc1ccc(CNC(=O)c2cccs2)cc1C. The smallest absolute Gasteiger partial charge is 0.261 e. The largest absolute Gasteiger partial charge is 0.496 e. The van der Waals surface area contributed by atoms with Crippen LogP contribution in [0.3, 0.4) is 0 Å². The third-order valence-corrected chi connectivity index (χ3v) is 3.53. The first kappa shape index (κ1) is 12.6. The van der Waals surface area contributed by atoms with E-state index in [-0.39, 0.29) is 5.91 Å². The summed E-state index contributed by atoms with van der Waals surface area (Å²) in [6.07, 6.45) is 0. The minimum Gasteiger partial charge on any atom is -0.496 e. The number of amides is 1. The van der Waals surface area contributed by atoms with E-state index in [9.17, 15) is 4.79 Å². The fraction of sp³-hybridized carbons (Fsp3) is 0.214. The van der Waals surface area contributed by atoms with Gasteiger partial charge in [0.2, 0.25) is 0 Å². The van der Waals surface area contributed by atoms with Crippen LogP contribution in [0.4, 0.5) is 0 Å². The van der Waals surface area contributed by atoms with Crippen molar-refractivity contribution in [2.75, 3.05) is 7.11 Å². The highest BCUT2D eigenvalue weighted by Gasteiger charge is 2.06. The first-order chi connectivity index (χ1) is 8.70. The Balaban J connectivity index is 1.98. The highest BCUT2D eigenvalue weighted by molar-refractivity contribution is 7.12. The number of ether oxygens (including phenoxy) is 1. The van der Waals surface area contributed by atoms with E-state index < -0.39 is 0 Å². The molecule has 1 amide bonds. The van der Waals surface area contributed by atoms with Gasteiger partial charge in [-0.05, 0) is 35.6 Å². The van der Waals surface area contributed by atoms with Crippen LogP contribution >= 0.6 is 11.3 Å². The van der Waals surface area contributed by atoms with Crippen LogP contribution in [0.15, 0.2) is 35.7 Å². The average molecular weight is 261 g/mol. The molecule has 4 heteroatoms. The van der Waals surface area contributed by atoms with E-state index in [0.717, 1.165) is 21.8 Å². The predicted molar refractivity (Wildman–Crippen MR) is 73.2 cm³/mol. The van der Waals surface area contributed by atoms with Gasteiger partial charge < -0.3 is 10.1 Å². The van der Waals surface area contributed by atoms with Gasteiger partial charge in [0.15, 0.2) is 0 Å². The molecule has 0 saturated carbocycles. The maximum absolute atomic E-state index is 11.8. The maximum atomic E-state index is 11.8. The molecule has 0 fully saturated rings. The van der Waals surface area contributed by atoms with Gasteiger partial charge in [-0.2, -0.15) is 0 Å². The standard InChI is InChI=1S/C14H15NO2S/c1-10-8-11(5-6-12(10)17-2)9-15-14(16)13-4-3-7-18-13/h3-8H,9H2,1-2H3,(H,15,16). The first-order valence-corrected chi connectivity index (χ1v) is 6.54. The van der Waals surface area contributed by atoms with Gasteiger partial charge in [0.25, 0.3) is 5.91 Å². The van der Waals surface area contributed by atoms with Crippen molar-refractivity contribution >= 4 is 17.2 Å². The molecule has 0 radical (unpaired) electrons. The average Bonchev–Trinajstić information content (AvgIpc) is 2.90. The zero-order valence-corrected chi connectivity index (χ0v) is 11.2. The molecule has 2 rings (SSSR count). The molecule has 0 unspecified atom stereocenters. The van der Waals surface area contributed by atoms with Crippen LogP contribution in [-0.4, -0.2) is 13.0 Å². The van der Waals surface area contributed by atoms with Crippen molar-refractivity contribution in [1.29, 1.82) is 0 Å². The third-order valence-electron chi connectivity index (χ3n) is 2.66. The molecule has 1 heterocycles. The zero-order chi connectivity index (χ0) is 13.0. The van der Waals surface area contributed by atoms with Gasteiger partial charge in [-0.25, -0.2) is 0 Å². The summed E-state index contributed by atoms with van der Waals surface area (Å²) in [5.41, 5.74) is 2.14. The number of methoxy groups -OCH3 is 1. The summed E-state index contributed by atoms with van der Waals surface area (Å²) in [7, 11) is 1.65. The number of carbonyl (C=O) groups is 1. The topological polar surface area (TPSA) is 38.3 Å². The van der Waals surface area contributed by atoms with Crippen molar-refractivity contribution < 1.29 is 9.53 Å². The lowest BCUT2D eigenvalue weighted by Gasteiger charge is -2.08. The maximum Gasteiger partial charge on any atom is 0.261 e. The van der Waals surface area contributed by atoms with Crippen LogP contribution in [0.1, 0.15) is 20.8 Å². The van der Waals surface area contributed by atoms with E-state index in [4.69, 9.17) is 4.74 Å².